The second kappa shape index (κ2) is 5.77. The van der Waals surface area contributed by atoms with E-state index in [1.165, 1.54) is 19.3 Å². The summed E-state index contributed by atoms with van der Waals surface area (Å²) >= 11 is 0. The van der Waals surface area contributed by atoms with E-state index in [4.69, 9.17) is 10.8 Å². The number of nitrogens with two attached hydrogens (primary N) is 1. The molecule has 0 amide bonds. The van der Waals surface area contributed by atoms with Crippen LogP contribution in [0, 0.1) is 6.92 Å². The lowest BCUT2D eigenvalue weighted by Gasteiger charge is -2.19. The van der Waals surface area contributed by atoms with Crippen molar-refractivity contribution in [1.29, 1.82) is 0 Å². The molecular formula is C13H20N4. The van der Waals surface area contributed by atoms with Crippen molar-refractivity contribution in [3.63, 3.8) is 0 Å². The largest absolute Gasteiger partial charge is 0.307 e. The Bertz CT molecular complexity index is 394. The second-order valence-corrected chi connectivity index (χ2v) is 4.58. The van der Waals surface area contributed by atoms with Crippen LogP contribution in [0.1, 0.15) is 43.4 Å². The lowest BCUT2D eigenvalue weighted by atomic mass is 9.96. The lowest BCUT2D eigenvalue weighted by molar-refractivity contribution is 0.442. The number of nitrogens with zero attached hydrogens (tertiary/aromatic N) is 2. The summed E-state index contributed by atoms with van der Waals surface area (Å²) in [6.45, 7) is 2.02. The molecule has 1 aromatic heterocycles. The molecule has 92 valence electrons. The summed E-state index contributed by atoms with van der Waals surface area (Å²) in [4.78, 5) is 9.04. The fourth-order valence-electron chi connectivity index (χ4n) is 2.29. The summed E-state index contributed by atoms with van der Waals surface area (Å²) in [6.07, 6.45) is 7.98. The zero-order chi connectivity index (χ0) is 12.1. The Labute approximate surface area is 102 Å². The van der Waals surface area contributed by atoms with Gasteiger partial charge in [-0.15, -0.1) is 0 Å². The van der Waals surface area contributed by atoms with Crippen LogP contribution >= 0.6 is 0 Å². The van der Waals surface area contributed by atoms with Crippen molar-refractivity contribution in [1.82, 2.24) is 10.4 Å². The monoisotopic (exact) mass is 232 g/mol. The van der Waals surface area contributed by atoms with Crippen LogP contribution in [0.2, 0.25) is 0 Å². The first kappa shape index (κ1) is 12.0. The van der Waals surface area contributed by atoms with Gasteiger partial charge in [0.1, 0.15) is 5.69 Å². The molecule has 1 aliphatic rings. The van der Waals surface area contributed by atoms with Gasteiger partial charge in [0, 0.05) is 6.20 Å². The number of hydrogen-bond donors (Lipinski definition) is 2. The van der Waals surface area contributed by atoms with Crippen LogP contribution in [0.15, 0.2) is 23.3 Å². The highest BCUT2D eigenvalue weighted by atomic mass is 15.3. The second-order valence-electron chi connectivity index (χ2n) is 4.58. The third-order valence-electron chi connectivity index (χ3n) is 3.26. The van der Waals surface area contributed by atoms with Crippen molar-refractivity contribution < 1.29 is 0 Å². The number of aliphatic imine (C=N–C) groups is 1. The first-order chi connectivity index (χ1) is 8.31. The van der Waals surface area contributed by atoms with E-state index < -0.39 is 0 Å². The molecule has 1 heterocycles. The van der Waals surface area contributed by atoms with Crippen LogP contribution in [0.4, 0.5) is 0 Å². The number of pyridine rings is 1. The lowest BCUT2D eigenvalue weighted by Crippen LogP contribution is -2.34. The Morgan fingerprint density at radius 3 is 2.82 bits per heavy atom. The zero-order valence-corrected chi connectivity index (χ0v) is 10.3. The topological polar surface area (TPSA) is 63.3 Å². The summed E-state index contributed by atoms with van der Waals surface area (Å²) in [5.74, 6) is 6.29. The molecule has 0 atom stereocenters. The molecule has 3 N–H and O–H groups in total. The van der Waals surface area contributed by atoms with Gasteiger partial charge in [-0.2, -0.15) is 0 Å². The van der Waals surface area contributed by atoms with Crippen molar-refractivity contribution in [3.8, 4) is 0 Å². The summed E-state index contributed by atoms with van der Waals surface area (Å²) in [7, 11) is 0. The fourth-order valence-corrected chi connectivity index (χ4v) is 2.29. The number of aryl methyl sites for hydroxylation is 1. The molecule has 1 aliphatic carbocycles. The van der Waals surface area contributed by atoms with Crippen molar-refractivity contribution in [3.05, 3.63) is 29.6 Å². The van der Waals surface area contributed by atoms with Gasteiger partial charge in [-0.25, -0.2) is 5.84 Å². The molecule has 0 saturated heterocycles. The fraction of sp³-hybridized carbons (Fsp3) is 0.538. The molecule has 0 aliphatic heterocycles. The van der Waals surface area contributed by atoms with E-state index in [1.807, 2.05) is 19.1 Å². The van der Waals surface area contributed by atoms with E-state index in [-0.39, 0.29) is 0 Å². The Kier molecular flexibility index (Phi) is 4.09. The van der Waals surface area contributed by atoms with E-state index in [1.54, 1.807) is 6.20 Å². The number of amidine groups is 1. The van der Waals surface area contributed by atoms with Gasteiger partial charge in [-0.1, -0.05) is 25.3 Å². The predicted molar refractivity (Wildman–Crippen MR) is 69.7 cm³/mol. The Morgan fingerprint density at radius 2 is 2.18 bits per heavy atom. The van der Waals surface area contributed by atoms with Gasteiger partial charge in [0.2, 0.25) is 0 Å². The van der Waals surface area contributed by atoms with Crippen molar-refractivity contribution in [2.24, 2.45) is 10.8 Å². The molecule has 4 nitrogen and oxygen atoms in total. The van der Waals surface area contributed by atoms with Gasteiger partial charge in [-0.05, 0) is 31.4 Å². The number of hydrazine groups is 1. The van der Waals surface area contributed by atoms with Crippen molar-refractivity contribution in [2.75, 3.05) is 0 Å². The van der Waals surface area contributed by atoms with Crippen molar-refractivity contribution in [2.45, 2.75) is 45.1 Å². The Balaban J connectivity index is 2.20. The molecule has 1 saturated carbocycles. The van der Waals surface area contributed by atoms with Crippen molar-refractivity contribution >= 4 is 5.84 Å². The quantitative estimate of drug-likeness (QED) is 0.354. The molecule has 0 bridgehead atoms. The van der Waals surface area contributed by atoms with Crippen LogP contribution in [0.25, 0.3) is 0 Å². The smallest absolute Gasteiger partial charge is 0.162 e. The van der Waals surface area contributed by atoms with E-state index >= 15 is 0 Å². The minimum atomic E-state index is 0.399. The Morgan fingerprint density at radius 1 is 1.41 bits per heavy atom. The molecule has 0 spiro atoms. The van der Waals surface area contributed by atoms with Gasteiger partial charge in [0.25, 0.3) is 0 Å². The highest BCUT2D eigenvalue weighted by Crippen LogP contribution is 2.20. The normalized spacial score (nSPS) is 18.1. The van der Waals surface area contributed by atoms with Gasteiger partial charge < -0.3 is 5.43 Å². The number of nitrogens with one attached hydrogen (secondary N) is 1. The highest BCUT2D eigenvalue weighted by Gasteiger charge is 2.14. The molecule has 1 fully saturated rings. The molecule has 1 aromatic rings. The molecule has 0 unspecified atom stereocenters. The summed E-state index contributed by atoms with van der Waals surface area (Å²) in [5.41, 5.74) is 4.65. The average molecular weight is 232 g/mol. The predicted octanol–water partition coefficient (Wildman–Crippen LogP) is 1.93. The van der Waals surface area contributed by atoms with E-state index in [0.717, 1.165) is 29.9 Å². The van der Waals surface area contributed by atoms with E-state index in [2.05, 4.69) is 10.4 Å². The van der Waals surface area contributed by atoms with Gasteiger partial charge in [0.05, 0.1) is 6.04 Å². The molecular weight excluding hydrogens is 212 g/mol. The minimum absolute atomic E-state index is 0.399. The van der Waals surface area contributed by atoms with Crippen LogP contribution in [0.5, 0.6) is 0 Å². The number of aromatic nitrogens is 1. The molecule has 17 heavy (non-hydrogen) atoms. The van der Waals surface area contributed by atoms with E-state index in [9.17, 15) is 0 Å². The number of rotatable bonds is 2. The molecule has 0 radical (unpaired) electrons. The van der Waals surface area contributed by atoms with Crippen LogP contribution < -0.4 is 11.3 Å². The third kappa shape index (κ3) is 3.03. The molecule has 4 heteroatoms. The van der Waals surface area contributed by atoms with Crippen LogP contribution in [-0.2, 0) is 0 Å². The standard InChI is InChI=1S/C13H20N4/c1-10-6-5-9-15-12(10)13(17-14)16-11-7-3-2-4-8-11/h5-6,9,11H,2-4,7-8,14H2,1H3,(H,16,17). The maximum atomic E-state index is 5.57. The van der Waals surface area contributed by atoms with Gasteiger partial charge in [0.15, 0.2) is 5.84 Å². The SMILES string of the molecule is Cc1cccnc1C(=NC1CCCCC1)NN. The zero-order valence-electron chi connectivity index (χ0n) is 10.3. The first-order valence-electron chi connectivity index (χ1n) is 6.27. The maximum absolute atomic E-state index is 5.57. The minimum Gasteiger partial charge on any atom is -0.307 e. The Hall–Kier alpha value is -1.42. The summed E-state index contributed by atoms with van der Waals surface area (Å²) in [5, 5.41) is 0. The van der Waals surface area contributed by atoms with E-state index in [0.29, 0.717) is 6.04 Å². The first-order valence-corrected chi connectivity index (χ1v) is 6.27. The number of hydrogen-bond acceptors (Lipinski definition) is 3. The average Bonchev–Trinajstić information content (AvgIpc) is 2.38. The summed E-state index contributed by atoms with van der Waals surface area (Å²) < 4.78 is 0. The summed E-state index contributed by atoms with van der Waals surface area (Å²) in [6, 6.07) is 4.35. The van der Waals surface area contributed by atoms with Crippen LogP contribution in [-0.4, -0.2) is 16.9 Å². The van der Waals surface area contributed by atoms with Gasteiger partial charge in [-0.3, -0.25) is 9.98 Å². The van der Waals surface area contributed by atoms with Crippen LogP contribution in [0.3, 0.4) is 0 Å². The molecule has 0 aromatic carbocycles. The maximum Gasteiger partial charge on any atom is 0.162 e. The molecule has 2 rings (SSSR count). The highest BCUT2D eigenvalue weighted by molar-refractivity contribution is 5.97. The van der Waals surface area contributed by atoms with Gasteiger partial charge >= 0.3 is 0 Å². The third-order valence-corrected chi connectivity index (χ3v) is 3.26.